The molecule has 2 saturated heterocycles. The molecular weight excluding hydrogens is 512 g/mol. The predicted molar refractivity (Wildman–Crippen MR) is 158 cm³/mol. The number of aryl methyl sites for hydroxylation is 2. The first kappa shape index (κ1) is 26.0. The van der Waals surface area contributed by atoms with Crippen LogP contribution in [0, 0.1) is 13.8 Å². The van der Waals surface area contributed by atoms with Crippen LogP contribution in [-0.2, 0) is 32.5 Å². The van der Waals surface area contributed by atoms with E-state index in [1.807, 2.05) is 6.92 Å². The first-order valence-electron chi connectivity index (χ1n) is 14.3. The molecule has 2 atom stereocenters. The normalized spacial score (nSPS) is 19.3. The van der Waals surface area contributed by atoms with E-state index in [1.165, 1.54) is 34.7 Å². The van der Waals surface area contributed by atoms with Crippen LogP contribution in [0.25, 0.3) is 11.1 Å². The van der Waals surface area contributed by atoms with Crippen LogP contribution in [-0.4, -0.2) is 38.5 Å². The van der Waals surface area contributed by atoms with Crippen LogP contribution in [0.1, 0.15) is 51.4 Å². The molecule has 0 radical (unpaired) electrons. The van der Waals surface area contributed by atoms with Crippen LogP contribution in [0.15, 0.2) is 72.8 Å². The second kappa shape index (κ2) is 9.86. The summed E-state index contributed by atoms with van der Waals surface area (Å²) in [6.45, 7) is 7.14. The molecule has 0 amide bonds. The highest BCUT2D eigenvalue weighted by molar-refractivity contribution is 5.86. The van der Waals surface area contributed by atoms with Crippen molar-refractivity contribution in [3.63, 3.8) is 0 Å². The molecule has 0 aromatic heterocycles. The average Bonchev–Trinajstić information content (AvgIpc) is 3.90. The minimum Gasteiger partial charge on any atom is -0.496 e. The van der Waals surface area contributed by atoms with Crippen LogP contribution in [0.5, 0.6) is 11.5 Å². The van der Waals surface area contributed by atoms with Gasteiger partial charge in [-0.25, -0.2) is 0 Å². The maximum atomic E-state index is 12.1. The van der Waals surface area contributed by atoms with E-state index in [0.29, 0.717) is 12.2 Å². The Morgan fingerprint density at radius 1 is 0.780 bits per heavy atom. The molecule has 1 aliphatic carbocycles. The van der Waals surface area contributed by atoms with E-state index in [-0.39, 0.29) is 18.2 Å². The first-order chi connectivity index (χ1) is 19.9. The molecule has 4 aromatic carbocycles. The van der Waals surface area contributed by atoms with Crippen molar-refractivity contribution in [3.8, 4) is 22.6 Å². The van der Waals surface area contributed by atoms with Gasteiger partial charge in [0.1, 0.15) is 11.5 Å². The number of hydrogen-bond acceptors (Lipinski definition) is 5. The number of fused-ring (bicyclic) bond motifs is 3. The Kier molecular flexibility index (Phi) is 6.25. The third kappa shape index (κ3) is 4.35. The monoisotopic (exact) mass is 546 g/mol. The van der Waals surface area contributed by atoms with Crippen molar-refractivity contribution in [2.75, 3.05) is 20.3 Å². The number of rotatable bonds is 8. The van der Waals surface area contributed by atoms with E-state index in [0.717, 1.165) is 53.2 Å². The van der Waals surface area contributed by atoms with Crippen molar-refractivity contribution < 1.29 is 23.7 Å². The van der Waals surface area contributed by atoms with Crippen LogP contribution in [0.4, 0.5) is 0 Å². The number of carbonyl (C=O) groups excluding carboxylic acids is 1. The fraction of sp³-hybridized carbons (Fsp3) is 0.306. The zero-order valence-electron chi connectivity index (χ0n) is 24.0. The summed E-state index contributed by atoms with van der Waals surface area (Å²) >= 11 is 0. The highest BCUT2D eigenvalue weighted by Crippen LogP contribution is 2.57. The molecule has 0 saturated carbocycles. The first-order valence-corrected chi connectivity index (χ1v) is 14.3. The summed E-state index contributed by atoms with van der Waals surface area (Å²) in [4.78, 5) is 12.1. The van der Waals surface area contributed by atoms with Crippen molar-refractivity contribution in [1.29, 1.82) is 0 Å². The lowest BCUT2D eigenvalue weighted by Gasteiger charge is -2.35. The Morgan fingerprint density at radius 3 is 1.71 bits per heavy atom. The van der Waals surface area contributed by atoms with Crippen molar-refractivity contribution in [2.45, 2.75) is 51.2 Å². The van der Waals surface area contributed by atoms with Gasteiger partial charge in [0.2, 0.25) is 0 Å². The van der Waals surface area contributed by atoms with Gasteiger partial charge in [0.05, 0.1) is 37.9 Å². The molecule has 0 bridgehead atoms. The predicted octanol–water partition coefficient (Wildman–Crippen LogP) is 6.48. The molecule has 2 heterocycles. The van der Waals surface area contributed by atoms with Crippen molar-refractivity contribution >= 4 is 5.97 Å². The smallest absolute Gasteiger partial charge is 0.308 e. The lowest BCUT2D eigenvalue weighted by molar-refractivity contribution is -0.132. The van der Waals surface area contributed by atoms with Gasteiger partial charge >= 0.3 is 5.97 Å². The Balaban J connectivity index is 1.56. The molecule has 208 valence electrons. The Labute approximate surface area is 241 Å². The maximum absolute atomic E-state index is 12.1. The highest BCUT2D eigenvalue weighted by Gasteiger charge is 2.47. The number of epoxide rings is 2. The zero-order valence-corrected chi connectivity index (χ0v) is 24.0. The topological polar surface area (TPSA) is 60.6 Å². The molecule has 0 N–H and O–H groups in total. The quantitative estimate of drug-likeness (QED) is 0.127. The molecule has 41 heavy (non-hydrogen) atoms. The van der Waals surface area contributed by atoms with Crippen LogP contribution in [0.3, 0.4) is 0 Å². The van der Waals surface area contributed by atoms with Gasteiger partial charge in [-0.05, 0) is 69.5 Å². The third-order valence-electron chi connectivity index (χ3n) is 8.67. The second-order valence-corrected chi connectivity index (χ2v) is 11.5. The lowest BCUT2D eigenvalue weighted by atomic mass is 9.66. The molecule has 3 aliphatic rings. The van der Waals surface area contributed by atoms with Crippen molar-refractivity contribution in [1.82, 2.24) is 0 Å². The van der Waals surface area contributed by atoms with Gasteiger partial charge in [0.25, 0.3) is 0 Å². The summed E-state index contributed by atoms with van der Waals surface area (Å²) in [6, 6.07) is 26.5. The van der Waals surface area contributed by atoms with Gasteiger partial charge in [0.15, 0.2) is 0 Å². The molecule has 2 fully saturated rings. The molecule has 7 rings (SSSR count). The number of carbonyl (C=O) groups is 1. The van der Waals surface area contributed by atoms with Gasteiger partial charge in [-0.15, -0.1) is 0 Å². The van der Waals surface area contributed by atoms with E-state index < -0.39 is 5.41 Å². The summed E-state index contributed by atoms with van der Waals surface area (Å²) in [6.07, 6.45) is 1.88. The van der Waals surface area contributed by atoms with E-state index >= 15 is 0 Å². The fourth-order valence-corrected chi connectivity index (χ4v) is 6.90. The maximum Gasteiger partial charge on any atom is 0.308 e. The fourth-order valence-electron chi connectivity index (χ4n) is 6.90. The van der Waals surface area contributed by atoms with Crippen LogP contribution in [0.2, 0.25) is 0 Å². The van der Waals surface area contributed by atoms with Gasteiger partial charge in [-0.3, -0.25) is 4.79 Å². The largest absolute Gasteiger partial charge is 0.496 e. The van der Waals surface area contributed by atoms with E-state index in [2.05, 4.69) is 79.7 Å². The van der Waals surface area contributed by atoms with Crippen molar-refractivity contribution in [3.05, 3.63) is 117 Å². The van der Waals surface area contributed by atoms with Gasteiger partial charge in [-0.1, -0.05) is 72.8 Å². The summed E-state index contributed by atoms with van der Waals surface area (Å²) in [5.41, 5.74) is 10.9. The summed E-state index contributed by atoms with van der Waals surface area (Å²) in [5.74, 6) is 1.25. The van der Waals surface area contributed by atoms with E-state index in [4.69, 9.17) is 18.9 Å². The highest BCUT2D eigenvalue weighted by atomic mass is 16.6. The number of methoxy groups -OCH3 is 1. The Morgan fingerprint density at radius 2 is 1.24 bits per heavy atom. The van der Waals surface area contributed by atoms with Gasteiger partial charge < -0.3 is 18.9 Å². The minimum absolute atomic E-state index is 0.145. The Hall–Kier alpha value is -3.93. The molecular formula is C36H34O5. The number of hydrogen-bond donors (Lipinski definition) is 0. The standard InChI is InChI=1S/C36H34O5/c1-21-13-26(15-24(34(21)38-4)17-28-19-39-28)36(32-11-7-5-9-30(32)31-10-6-8-12-33(31)36)27-14-22(2)35(41-23(3)37)25(16-27)18-29-20-40-29/h5-16,28-29H,17-20H2,1-4H3. The molecule has 4 aromatic rings. The SMILES string of the molecule is COc1c(C)cc(C2(c3cc(C)c(OC(C)=O)c(CC4CO4)c3)c3ccccc3-c3ccccc32)cc1CC1CO1. The molecule has 0 spiro atoms. The summed E-state index contributed by atoms with van der Waals surface area (Å²) in [7, 11) is 1.75. The van der Waals surface area contributed by atoms with Gasteiger partial charge in [0, 0.05) is 19.8 Å². The molecule has 5 nitrogen and oxygen atoms in total. The second-order valence-electron chi connectivity index (χ2n) is 11.5. The minimum atomic E-state index is -0.581. The van der Waals surface area contributed by atoms with Crippen molar-refractivity contribution in [2.24, 2.45) is 0 Å². The lowest BCUT2D eigenvalue weighted by Crippen LogP contribution is -2.29. The number of ether oxygens (including phenoxy) is 4. The van der Waals surface area contributed by atoms with E-state index in [9.17, 15) is 4.79 Å². The van der Waals surface area contributed by atoms with Crippen LogP contribution < -0.4 is 9.47 Å². The average molecular weight is 547 g/mol. The van der Waals surface area contributed by atoms with Gasteiger partial charge in [-0.2, -0.15) is 0 Å². The zero-order chi connectivity index (χ0) is 28.3. The molecule has 5 heteroatoms. The number of benzene rings is 4. The van der Waals surface area contributed by atoms with E-state index in [1.54, 1.807) is 7.11 Å². The molecule has 2 aliphatic heterocycles. The molecule has 2 unspecified atom stereocenters. The summed E-state index contributed by atoms with van der Waals surface area (Å²) < 4.78 is 23.0. The van der Waals surface area contributed by atoms with Crippen LogP contribution >= 0.6 is 0 Å². The number of esters is 1. The Bertz CT molecular complexity index is 1630. The third-order valence-corrected chi connectivity index (χ3v) is 8.67. The summed E-state index contributed by atoms with van der Waals surface area (Å²) in [5, 5.41) is 0.